The summed E-state index contributed by atoms with van der Waals surface area (Å²) in [4.78, 5) is 28.6. The van der Waals surface area contributed by atoms with Gasteiger partial charge < -0.3 is 10.1 Å². The second-order valence-corrected chi connectivity index (χ2v) is 6.33. The molecule has 1 aromatic heterocycles. The van der Waals surface area contributed by atoms with Crippen LogP contribution in [0, 0.1) is 0 Å². The van der Waals surface area contributed by atoms with Gasteiger partial charge in [0.05, 0.1) is 11.9 Å². The Hall–Kier alpha value is -3.21. The lowest BCUT2D eigenvalue weighted by Gasteiger charge is -2.13. The minimum atomic E-state index is -0.828. The molecule has 1 unspecified atom stereocenters. The summed E-state index contributed by atoms with van der Waals surface area (Å²) in [6, 6.07) is 21.3. The Morgan fingerprint density at radius 2 is 1.74 bits per heavy atom. The predicted molar refractivity (Wildman–Crippen MR) is 104 cm³/mol. The van der Waals surface area contributed by atoms with Crippen LogP contribution in [-0.4, -0.2) is 23.0 Å². The second kappa shape index (κ2) is 8.94. The van der Waals surface area contributed by atoms with Gasteiger partial charge in [-0.1, -0.05) is 54.6 Å². The summed E-state index contributed by atoms with van der Waals surface area (Å²) in [7, 11) is 0. The number of pyridine rings is 1. The monoisotopic (exact) mass is 362 g/mol. The van der Waals surface area contributed by atoms with Crippen molar-refractivity contribution in [3.8, 4) is 0 Å². The van der Waals surface area contributed by atoms with Crippen LogP contribution in [0.15, 0.2) is 66.7 Å². The molecule has 5 heteroatoms. The number of aromatic nitrogens is 1. The van der Waals surface area contributed by atoms with E-state index in [1.807, 2.05) is 66.7 Å². The number of amides is 1. The summed E-state index contributed by atoms with van der Waals surface area (Å²) in [5.74, 6) is -0.719. The molecule has 0 saturated carbocycles. The fourth-order valence-electron chi connectivity index (χ4n) is 2.72. The maximum atomic E-state index is 12.1. The van der Waals surface area contributed by atoms with E-state index in [2.05, 4.69) is 10.3 Å². The molecule has 0 fully saturated rings. The normalized spacial score (nSPS) is 11.7. The first-order valence-corrected chi connectivity index (χ1v) is 8.97. The zero-order valence-corrected chi connectivity index (χ0v) is 15.2. The SMILES string of the molecule is CC(OC(=O)CCc1ccc2ccccc2n1)C(=O)NCc1ccccc1. The van der Waals surface area contributed by atoms with E-state index in [1.54, 1.807) is 6.92 Å². The fourth-order valence-corrected chi connectivity index (χ4v) is 2.72. The van der Waals surface area contributed by atoms with Crippen LogP contribution < -0.4 is 5.32 Å². The quantitative estimate of drug-likeness (QED) is 0.654. The number of carbonyl (C=O) groups is 2. The van der Waals surface area contributed by atoms with Crippen molar-refractivity contribution < 1.29 is 14.3 Å². The molecule has 0 aliphatic carbocycles. The Bertz CT molecular complexity index is 925. The highest BCUT2D eigenvalue weighted by molar-refractivity contribution is 5.83. The number of ether oxygens (including phenoxy) is 1. The van der Waals surface area contributed by atoms with E-state index in [0.717, 1.165) is 22.2 Å². The Morgan fingerprint density at radius 3 is 2.56 bits per heavy atom. The molecular formula is C22H22N2O3. The molecule has 138 valence electrons. The van der Waals surface area contributed by atoms with Crippen LogP contribution in [0.25, 0.3) is 10.9 Å². The molecule has 1 N–H and O–H groups in total. The van der Waals surface area contributed by atoms with Crippen LogP contribution in [0.2, 0.25) is 0 Å². The van der Waals surface area contributed by atoms with E-state index >= 15 is 0 Å². The predicted octanol–water partition coefficient (Wildman–Crippen LogP) is 3.42. The Labute approximate surface area is 158 Å². The van der Waals surface area contributed by atoms with Gasteiger partial charge in [0, 0.05) is 24.0 Å². The molecule has 0 aliphatic rings. The lowest BCUT2D eigenvalue weighted by atomic mass is 10.1. The third kappa shape index (κ3) is 5.38. The number of fused-ring (bicyclic) bond motifs is 1. The van der Waals surface area contributed by atoms with Crippen LogP contribution >= 0.6 is 0 Å². The molecular weight excluding hydrogens is 340 g/mol. The van der Waals surface area contributed by atoms with Gasteiger partial charge in [-0.2, -0.15) is 0 Å². The molecule has 5 nitrogen and oxygen atoms in total. The number of nitrogens with one attached hydrogen (secondary N) is 1. The number of carbonyl (C=O) groups excluding carboxylic acids is 2. The summed E-state index contributed by atoms with van der Waals surface area (Å²) in [5.41, 5.74) is 2.72. The highest BCUT2D eigenvalue weighted by Crippen LogP contribution is 2.13. The molecule has 2 aromatic carbocycles. The third-order valence-corrected chi connectivity index (χ3v) is 4.23. The number of benzene rings is 2. The number of hydrogen-bond donors (Lipinski definition) is 1. The van der Waals surface area contributed by atoms with Gasteiger partial charge in [-0.05, 0) is 24.6 Å². The van der Waals surface area contributed by atoms with Crippen molar-refractivity contribution >= 4 is 22.8 Å². The standard InChI is InChI=1S/C22H22N2O3/c1-16(22(26)23-15-17-7-3-2-4-8-17)27-21(25)14-13-19-12-11-18-9-5-6-10-20(18)24-19/h2-12,16H,13-15H2,1H3,(H,23,26). The fraction of sp³-hybridized carbons (Fsp3) is 0.227. The highest BCUT2D eigenvalue weighted by atomic mass is 16.5. The van der Waals surface area contributed by atoms with Crippen LogP contribution in [0.3, 0.4) is 0 Å². The van der Waals surface area contributed by atoms with Gasteiger partial charge in [0.25, 0.3) is 5.91 Å². The molecule has 0 aliphatic heterocycles. The number of esters is 1. The minimum Gasteiger partial charge on any atom is -0.453 e. The largest absolute Gasteiger partial charge is 0.453 e. The summed E-state index contributed by atoms with van der Waals surface area (Å²) >= 11 is 0. The third-order valence-electron chi connectivity index (χ3n) is 4.23. The van der Waals surface area contributed by atoms with E-state index in [-0.39, 0.29) is 12.3 Å². The average Bonchev–Trinajstić information content (AvgIpc) is 2.71. The molecule has 27 heavy (non-hydrogen) atoms. The number of nitrogens with zero attached hydrogens (tertiary/aromatic N) is 1. The molecule has 1 heterocycles. The van der Waals surface area contributed by atoms with Gasteiger partial charge in [0.1, 0.15) is 0 Å². The van der Waals surface area contributed by atoms with E-state index < -0.39 is 12.1 Å². The van der Waals surface area contributed by atoms with Crippen LogP contribution in [0.5, 0.6) is 0 Å². The number of para-hydroxylation sites is 1. The first-order chi connectivity index (χ1) is 13.1. The molecule has 1 amide bonds. The Kier molecular flexibility index (Phi) is 6.15. The van der Waals surface area contributed by atoms with Crippen molar-refractivity contribution in [3.05, 3.63) is 78.0 Å². The maximum absolute atomic E-state index is 12.1. The van der Waals surface area contributed by atoms with E-state index in [0.29, 0.717) is 13.0 Å². The Morgan fingerprint density at radius 1 is 1.00 bits per heavy atom. The van der Waals surface area contributed by atoms with Crippen molar-refractivity contribution in [2.75, 3.05) is 0 Å². The van der Waals surface area contributed by atoms with E-state index in [4.69, 9.17) is 4.74 Å². The summed E-state index contributed by atoms with van der Waals surface area (Å²) in [5, 5.41) is 3.83. The van der Waals surface area contributed by atoms with E-state index in [9.17, 15) is 9.59 Å². The van der Waals surface area contributed by atoms with Gasteiger partial charge >= 0.3 is 5.97 Å². The van der Waals surface area contributed by atoms with Crippen molar-refractivity contribution in [1.29, 1.82) is 0 Å². The van der Waals surface area contributed by atoms with Crippen LogP contribution in [0.4, 0.5) is 0 Å². The van der Waals surface area contributed by atoms with Gasteiger partial charge in [-0.15, -0.1) is 0 Å². The summed E-state index contributed by atoms with van der Waals surface area (Å²) in [6.07, 6.45) is -0.172. The first-order valence-electron chi connectivity index (χ1n) is 8.97. The van der Waals surface area contributed by atoms with Gasteiger partial charge in [-0.3, -0.25) is 14.6 Å². The Balaban J connectivity index is 1.45. The average molecular weight is 362 g/mol. The van der Waals surface area contributed by atoms with Gasteiger partial charge in [0.15, 0.2) is 6.10 Å². The molecule has 0 radical (unpaired) electrons. The molecule has 0 bridgehead atoms. The van der Waals surface area contributed by atoms with Crippen LogP contribution in [-0.2, 0) is 27.3 Å². The van der Waals surface area contributed by atoms with E-state index in [1.165, 1.54) is 0 Å². The summed E-state index contributed by atoms with van der Waals surface area (Å²) < 4.78 is 5.23. The zero-order chi connectivity index (χ0) is 19.1. The molecule has 0 spiro atoms. The van der Waals surface area contributed by atoms with Gasteiger partial charge in [0.2, 0.25) is 0 Å². The minimum absolute atomic E-state index is 0.182. The number of hydrogen-bond acceptors (Lipinski definition) is 4. The van der Waals surface area contributed by atoms with Crippen molar-refractivity contribution in [2.24, 2.45) is 0 Å². The lowest BCUT2D eigenvalue weighted by molar-refractivity contribution is -0.154. The highest BCUT2D eigenvalue weighted by Gasteiger charge is 2.17. The van der Waals surface area contributed by atoms with Crippen molar-refractivity contribution in [2.45, 2.75) is 32.4 Å². The van der Waals surface area contributed by atoms with Gasteiger partial charge in [-0.25, -0.2) is 0 Å². The van der Waals surface area contributed by atoms with Crippen LogP contribution in [0.1, 0.15) is 24.6 Å². The summed E-state index contributed by atoms with van der Waals surface area (Å²) in [6.45, 7) is 1.98. The molecule has 1 atom stereocenters. The smallest absolute Gasteiger partial charge is 0.306 e. The maximum Gasteiger partial charge on any atom is 0.306 e. The topological polar surface area (TPSA) is 68.3 Å². The number of rotatable bonds is 7. The molecule has 3 rings (SSSR count). The second-order valence-electron chi connectivity index (χ2n) is 6.33. The zero-order valence-electron chi connectivity index (χ0n) is 15.2. The number of aryl methyl sites for hydroxylation is 1. The lowest BCUT2D eigenvalue weighted by Crippen LogP contribution is -2.35. The van der Waals surface area contributed by atoms with Crippen molar-refractivity contribution in [3.63, 3.8) is 0 Å². The molecule has 3 aromatic rings. The first kappa shape index (κ1) is 18.6. The van der Waals surface area contributed by atoms with Crippen molar-refractivity contribution in [1.82, 2.24) is 10.3 Å². The molecule has 0 saturated heterocycles.